The van der Waals surface area contributed by atoms with Crippen LogP contribution in [0.5, 0.6) is 0 Å². The number of carbonyl (C=O) groups excluding carboxylic acids is 1. The molecule has 5 aliphatic carbocycles. The van der Waals surface area contributed by atoms with Crippen molar-refractivity contribution in [3.63, 3.8) is 0 Å². The summed E-state index contributed by atoms with van der Waals surface area (Å²) in [5.41, 5.74) is 7.94. The van der Waals surface area contributed by atoms with Gasteiger partial charge in [0.15, 0.2) is 0 Å². The minimum absolute atomic E-state index is 0.115. The number of fused-ring (bicyclic) bond motifs is 5. The molecule has 6 aliphatic rings. The molecule has 0 aromatic heterocycles. The highest BCUT2D eigenvalue weighted by atomic mass is 16.6. The highest BCUT2D eigenvalue weighted by molar-refractivity contribution is 5.81. The van der Waals surface area contributed by atoms with E-state index in [2.05, 4.69) is 48.5 Å². The molecule has 0 radical (unpaired) electrons. The number of rotatable bonds is 0. The standard InChI is InChI=1S/C30H49NO2/c1-25(2)14-16-30-17-15-28(6)18(22(30)23(25)33-24(30)32)8-9-20-27(5)12-11-21(31)26(3,4)19(27)10-13-29(20,28)7/h18-23H,8-17,31H2,1-7H3/t18-,19+,20-,21+,22+,23-,27+,28-,29-,30+/m1/s1. The molecule has 2 bridgehead atoms. The Morgan fingerprint density at radius 1 is 0.758 bits per heavy atom. The molecule has 0 aromatic carbocycles. The van der Waals surface area contributed by atoms with Gasteiger partial charge < -0.3 is 10.5 Å². The number of esters is 1. The van der Waals surface area contributed by atoms with Gasteiger partial charge in [-0.2, -0.15) is 0 Å². The van der Waals surface area contributed by atoms with Crippen molar-refractivity contribution >= 4 is 5.97 Å². The van der Waals surface area contributed by atoms with E-state index in [0.29, 0.717) is 34.1 Å². The average Bonchev–Trinajstić information content (AvgIpc) is 2.99. The van der Waals surface area contributed by atoms with Crippen LogP contribution in [0.4, 0.5) is 0 Å². The number of hydrogen-bond acceptors (Lipinski definition) is 3. The first-order chi connectivity index (χ1) is 15.2. The second kappa shape index (κ2) is 6.40. The molecule has 0 amide bonds. The van der Waals surface area contributed by atoms with E-state index < -0.39 is 0 Å². The Kier molecular flexibility index (Phi) is 4.44. The Hall–Kier alpha value is -0.570. The monoisotopic (exact) mass is 455 g/mol. The molecule has 0 spiro atoms. The predicted octanol–water partition coefficient (Wildman–Crippen LogP) is 6.73. The summed E-state index contributed by atoms with van der Waals surface area (Å²) in [6.45, 7) is 17.6. The van der Waals surface area contributed by atoms with Crippen molar-refractivity contribution in [1.82, 2.24) is 0 Å². The largest absolute Gasteiger partial charge is 0.461 e. The Bertz CT molecular complexity index is 879. The predicted molar refractivity (Wildman–Crippen MR) is 132 cm³/mol. The highest BCUT2D eigenvalue weighted by Gasteiger charge is 2.75. The first kappa shape index (κ1) is 22.9. The summed E-state index contributed by atoms with van der Waals surface area (Å²) in [6.07, 6.45) is 12.4. The first-order valence-corrected chi connectivity index (χ1v) is 14.2. The normalized spacial score (nSPS) is 58.4. The van der Waals surface area contributed by atoms with Crippen LogP contribution in [-0.2, 0) is 9.53 Å². The van der Waals surface area contributed by atoms with Crippen LogP contribution in [0.3, 0.4) is 0 Å². The van der Waals surface area contributed by atoms with Gasteiger partial charge in [0.1, 0.15) is 6.10 Å². The molecule has 6 rings (SSSR count). The summed E-state index contributed by atoms with van der Waals surface area (Å²) in [6, 6.07) is 0.338. The van der Waals surface area contributed by atoms with Gasteiger partial charge in [0.05, 0.1) is 5.41 Å². The molecule has 3 heteroatoms. The summed E-state index contributed by atoms with van der Waals surface area (Å²) >= 11 is 0. The fraction of sp³-hybridized carbons (Fsp3) is 0.967. The lowest BCUT2D eigenvalue weighted by atomic mass is 9.31. The van der Waals surface area contributed by atoms with Gasteiger partial charge in [0.2, 0.25) is 0 Å². The zero-order chi connectivity index (χ0) is 23.8. The third-order valence-electron chi connectivity index (χ3n) is 14.2. The third kappa shape index (κ3) is 2.45. The first-order valence-electron chi connectivity index (χ1n) is 14.2. The van der Waals surface area contributed by atoms with Gasteiger partial charge in [-0.05, 0) is 104 Å². The van der Waals surface area contributed by atoms with E-state index in [4.69, 9.17) is 10.5 Å². The van der Waals surface area contributed by atoms with E-state index in [0.717, 1.165) is 31.1 Å². The van der Waals surface area contributed by atoms with Crippen LogP contribution in [0.15, 0.2) is 0 Å². The Labute approximate surface area is 202 Å². The maximum Gasteiger partial charge on any atom is 0.312 e. The van der Waals surface area contributed by atoms with Gasteiger partial charge >= 0.3 is 5.97 Å². The third-order valence-corrected chi connectivity index (χ3v) is 14.2. The van der Waals surface area contributed by atoms with Crippen molar-refractivity contribution in [3.05, 3.63) is 0 Å². The molecule has 1 saturated heterocycles. The molecule has 6 fully saturated rings. The summed E-state index contributed by atoms with van der Waals surface area (Å²) in [5, 5.41) is 0. The number of nitrogens with two attached hydrogens (primary N) is 1. The zero-order valence-corrected chi connectivity index (χ0v) is 22.4. The highest BCUT2D eigenvalue weighted by Crippen LogP contribution is 2.78. The molecule has 1 heterocycles. The van der Waals surface area contributed by atoms with Crippen LogP contribution >= 0.6 is 0 Å². The summed E-state index contributed by atoms with van der Waals surface area (Å²) in [4.78, 5) is 13.3. The van der Waals surface area contributed by atoms with Gasteiger partial charge in [0, 0.05) is 17.4 Å². The zero-order valence-electron chi connectivity index (χ0n) is 22.4. The second-order valence-electron chi connectivity index (χ2n) is 15.6. The van der Waals surface area contributed by atoms with Gasteiger partial charge in [-0.25, -0.2) is 0 Å². The molecule has 0 aromatic rings. The molecule has 186 valence electrons. The van der Waals surface area contributed by atoms with Crippen molar-refractivity contribution in [2.75, 3.05) is 0 Å². The van der Waals surface area contributed by atoms with Crippen molar-refractivity contribution < 1.29 is 9.53 Å². The average molecular weight is 456 g/mol. The molecule has 0 unspecified atom stereocenters. The van der Waals surface area contributed by atoms with Crippen molar-refractivity contribution in [2.24, 2.45) is 61.9 Å². The molecular formula is C30H49NO2. The van der Waals surface area contributed by atoms with E-state index >= 15 is 0 Å². The van der Waals surface area contributed by atoms with Crippen LogP contribution in [0.1, 0.15) is 113 Å². The topological polar surface area (TPSA) is 52.3 Å². The lowest BCUT2D eigenvalue weighted by Gasteiger charge is -2.73. The molecule has 33 heavy (non-hydrogen) atoms. The molecule has 1 aliphatic heterocycles. The molecule has 5 saturated carbocycles. The quantitative estimate of drug-likeness (QED) is 0.412. The van der Waals surface area contributed by atoms with E-state index in [-0.39, 0.29) is 28.3 Å². The van der Waals surface area contributed by atoms with Crippen LogP contribution in [0, 0.1) is 56.2 Å². The maximum atomic E-state index is 13.3. The molecule has 2 N–H and O–H groups in total. The smallest absolute Gasteiger partial charge is 0.312 e. The van der Waals surface area contributed by atoms with Crippen molar-refractivity contribution in [1.29, 1.82) is 0 Å². The number of hydrogen-bond donors (Lipinski definition) is 1. The number of ether oxygens (including phenoxy) is 1. The minimum Gasteiger partial charge on any atom is -0.461 e. The lowest BCUT2D eigenvalue weighted by molar-refractivity contribution is -0.243. The minimum atomic E-state index is -0.172. The SMILES string of the molecule is CC1(C)CC[C@]23CC[C@]4(C)[C@H](CC[C@@H]5[C@@]6(C)CC[C@H](N)C(C)(C)[C@@H]6CC[C@]54C)[C@H]2[C@H]1OC3=O. The van der Waals surface area contributed by atoms with E-state index in [1.807, 2.05) is 0 Å². The van der Waals surface area contributed by atoms with Gasteiger partial charge in [-0.3, -0.25) is 4.79 Å². The summed E-state index contributed by atoms with van der Waals surface area (Å²) in [7, 11) is 0. The van der Waals surface area contributed by atoms with Crippen LogP contribution in [0.2, 0.25) is 0 Å². The van der Waals surface area contributed by atoms with E-state index in [1.165, 1.54) is 44.9 Å². The molecule has 3 nitrogen and oxygen atoms in total. The summed E-state index contributed by atoms with van der Waals surface area (Å²) in [5.74, 6) is 2.74. The molecule has 10 atom stereocenters. The maximum absolute atomic E-state index is 13.3. The lowest BCUT2D eigenvalue weighted by Crippen LogP contribution is -2.68. The van der Waals surface area contributed by atoms with Crippen LogP contribution in [-0.4, -0.2) is 18.1 Å². The Morgan fingerprint density at radius 3 is 2.18 bits per heavy atom. The van der Waals surface area contributed by atoms with Crippen molar-refractivity contribution in [2.45, 2.75) is 125 Å². The summed E-state index contributed by atoms with van der Waals surface area (Å²) < 4.78 is 6.29. The van der Waals surface area contributed by atoms with Crippen molar-refractivity contribution in [3.8, 4) is 0 Å². The fourth-order valence-electron chi connectivity index (χ4n) is 11.9. The molecular weight excluding hydrogens is 406 g/mol. The fourth-order valence-corrected chi connectivity index (χ4v) is 11.9. The van der Waals surface area contributed by atoms with Crippen LogP contribution < -0.4 is 5.73 Å². The van der Waals surface area contributed by atoms with Gasteiger partial charge in [0.25, 0.3) is 0 Å². The van der Waals surface area contributed by atoms with E-state index in [9.17, 15) is 4.79 Å². The van der Waals surface area contributed by atoms with Gasteiger partial charge in [-0.1, -0.05) is 48.5 Å². The van der Waals surface area contributed by atoms with Crippen LogP contribution in [0.25, 0.3) is 0 Å². The number of carbonyl (C=O) groups is 1. The second-order valence-corrected chi connectivity index (χ2v) is 15.6. The van der Waals surface area contributed by atoms with E-state index in [1.54, 1.807) is 0 Å². The Balaban J connectivity index is 1.41. The Morgan fingerprint density at radius 2 is 1.45 bits per heavy atom. The van der Waals surface area contributed by atoms with Gasteiger partial charge in [-0.15, -0.1) is 0 Å².